The van der Waals surface area contributed by atoms with Crippen LogP contribution in [0.2, 0.25) is 5.02 Å². The number of carbonyl (C=O) groups is 2. The van der Waals surface area contributed by atoms with E-state index in [1.807, 2.05) is 18.2 Å². The average molecular weight is 418 g/mol. The zero-order valence-corrected chi connectivity index (χ0v) is 17.1. The molecule has 1 saturated heterocycles. The number of imide groups is 1. The second-order valence-corrected chi connectivity index (χ2v) is 7.89. The summed E-state index contributed by atoms with van der Waals surface area (Å²) in [6, 6.07) is 7.33. The van der Waals surface area contributed by atoms with Crippen molar-refractivity contribution in [1.29, 1.82) is 0 Å². The summed E-state index contributed by atoms with van der Waals surface area (Å²) in [5, 5.41) is 12.0. The van der Waals surface area contributed by atoms with Gasteiger partial charge in [0.15, 0.2) is 0 Å². The number of nitrogens with zero attached hydrogens (tertiary/aromatic N) is 4. The monoisotopic (exact) mass is 417 g/mol. The van der Waals surface area contributed by atoms with Gasteiger partial charge in [-0.05, 0) is 43.9 Å². The maximum absolute atomic E-state index is 13.3. The van der Waals surface area contributed by atoms with Crippen molar-refractivity contribution in [3.05, 3.63) is 40.5 Å². The van der Waals surface area contributed by atoms with Gasteiger partial charge in [-0.15, -0.1) is 5.10 Å². The van der Waals surface area contributed by atoms with E-state index >= 15 is 0 Å². The van der Waals surface area contributed by atoms with Gasteiger partial charge in [-0.2, -0.15) is 0 Å². The molecule has 29 heavy (non-hydrogen) atoms. The molecule has 0 bridgehead atoms. The Morgan fingerprint density at radius 2 is 2.10 bits per heavy atom. The van der Waals surface area contributed by atoms with Gasteiger partial charge in [-0.25, -0.2) is 4.68 Å². The summed E-state index contributed by atoms with van der Waals surface area (Å²) in [5.74, 6) is -0.523. The second-order valence-electron chi connectivity index (χ2n) is 7.48. The van der Waals surface area contributed by atoms with Crippen LogP contribution < -0.4 is 10.1 Å². The lowest BCUT2D eigenvalue weighted by molar-refractivity contribution is -0.133. The van der Waals surface area contributed by atoms with E-state index in [-0.39, 0.29) is 29.4 Å². The number of benzene rings is 1. The van der Waals surface area contributed by atoms with E-state index < -0.39 is 5.91 Å². The fraction of sp³-hybridized carbons (Fsp3) is 0.500. The molecule has 2 fully saturated rings. The minimum atomic E-state index is -0.440. The van der Waals surface area contributed by atoms with E-state index in [1.54, 1.807) is 6.07 Å². The van der Waals surface area contributed by atoms with Gasteiger partial charge < -0.3 is 10.1 Å². The number of ether oxygens (including phenoxy) is 1. The molecule has 0 radical (unpaired) electrons. The number of halogens is 1. The molecule has 1 aromatic carbocycles. The number of amides is 2. The molecule has 1 unspecified atom stereocenters. The van der Waals surface area contributed by atoms with Crippen LogP contribution in [0, 0.1) is 5.92 Å². The molecule has 4 rings (SSSR count). The van der Waals surface area contributed by atoms with Crippen LogP contribution in [-0.4, -0.2) is 57.9 Å². The van der Waals surface area contributed by atoms with Crippen LogP contribution in [0.1, 0.15) is 41.7 Å². The Bertz CT molecular complexity index is 905. The highest BCUT2D eigenvalue weighted by Gasteiger charge is 2.42. The molecule has 1 atom stereocenters. The third-order valence-corrected chi connectivity index (χ3v) is 5.75. The predicted molar refractivity (Wildman–Crippen MR) is 107 cm³/mol. The van der Waals surface area contributed by atoms with E-state index in [9.17, 15) is 9.59 Å². The molecule has 154 valence electrons. The van der Waals surface area contributed by atoms with E-state index in [0.717, 1.165) is 37.8 Å². The highest BCUT2D eigenvalue weighted by molar-refractivity contribution is 6.31. The topological polar surface area (TPSA) is 89.3 Å². The molecule has 9 heteroatoms. The van der Waals surface area contributed by atoms with Crippen molar-refractivity contribution >= 4 is 23.4 Å². The van der Waals surface area contributed by atoms with Crippen LogP contribution in [0.15, 0.2) is 24.3 Å². The van der Waals surface area contributed by atoms with Gasteiger partial charge in [0.2, 0.25) is 17.5 Å². The summed E-state index contributed by atoms with van der Waals surface area (Å²) >= 11 is 6.24. The number of carbonyl (C=O) groups excluding carboxylic acids is 2. The third-order valence-electron chi connectivity index (χ3n) is 5.38. The van der Waals surface area contributed by atoms with Crippen LogP contribution in [0.5, 0.6) is 5.88 Å². The SMILES string of the molecule is COc1c(C(=O)N(C(=O)C2CCCNC2)C2CC2)nnn1Cc1ccccc1Cl. The van der Waals surface area contributed by atoms with Crippen molar-refractivity contribution in [3.63, 3.8) is 0 Å². The van der Waals surface area contributed by atoms with Crippen LogP contribution in [0.4, 0.5) is 0 Å². The Morgan fingerprint density at radius 3 is 2.76 bits per heavy atom. The predicted octanol–water partition coefficient (Wildman–Crippen LogP) is 2.12. The molecule has 1 aromatic heterocycles. The zero-order valence-electron chi connectivity index (χ0n) is 16.3. The van der Waals surface area contributed by atoms with Crippen LogP contribution in [-0.2, 0) is 11.3 Å². The van der Waals surface area contributed by atoms with E-state index in [1.165, 1.54) is 16.7 Å². The minimum absolute atomic E-state index is 0.0589. The Balaban J connectivity index is 1.59. The van der Waals surface area contributed by atoms with Crippen molar-refractivity contribution in [2.45, 2.75) is 38.3 Å². The largest absolute Gasteiger partial charge is 0.479 e. The van der Waals surface area contributed by atoms with Gasteiger partial charge in [0.25, 0.3) is 5.91 Å². The molecule has 1 aliphatic heterocycles. The van der Waals surface area contributed by atoms with Gasteiger partial charge in [0, 0.05) is 17.6 Å². The number of hydrogen-bond donors (Lipinski definition) is 1. The van der Waals surface area contributed by atoms with E-state index in [2.05, 4.69) is 15.6 Å². The summed E-state index contributed by atoms with van der Waals surface area (Å²) in [7, 11) is 1.47. The van der Waals surface area contributed by atoms with Crippen molar-refractivity contribution in [3.8, 4) is 5.88 Å². The summed E-state index contributed by atoms with van der Waals surface area (Å²) in [6.45, 7) is 1.82. The Hall–Kier alpha value is -2.45. The average Bonchev–Trinajstić information content (AvgIpc) is 3.49. The lowest BCUT2D eigenvalue weighted by Crippen LogP contribution is -2.47. The molecule has 2 aromatic rings. The molecule has 2 aliphatic rings. The van der Waals surface area contributed by atoms with Crippen LogP contribution >= 0.6 is 11.6 Å². The molecular formula is C20H24ClN5O3. The lowest BCUT2D eigenvalue weighted by Gasteiger charge is -2.28. The summed E-state index contributed by atoms with van der Waals surface area (Å²) in [4.78, 5) is 27.8. The first-order valence-corrected chi connectivity index (χ1v) is 10.3. The summed E-state index contributed by atoms with van der Waals surface area (Å²) in [6.07, 6.45) is 3.38. The van der Waals surface area contributed by atoms with Crippen LogP contribution in [0.25, 0.3) is 0 Å². The lowest BCUT2D eigenvalue weighted by atomic mass is 9.98. The van der Waals surface area contributed by atoms with Gasteiger partial charge >= 0.3 is 0 Å². The van der Waals surface area contributed by atoms with Crippen molar-refractivity contribution in [1.82, 2.24) is 25.2 Å². The van der Waals surface area contributed by atoms with Gasteiger partial charge in [-0.1, -0.05) is 35.0 Å². The van der Waals surface area contributed by atoms with Crippen LogP contribution in [0.3, 0.4) is 0 Å². The smallest absolute Gasteiger partial charge is 0.286 e. The minimum Gasteiger partial charge on any atom is -0.479 e. The van der Waals surface area contributed by atoms with Gasteiger partial charge in [0.05, 0.1) is 19.6 Å². The van der Waals surface area contributed by atoms with E-state index in [0.29, 0.717) is 18.1 Å². The van der Waals surface area contributed by atoms with Crippen molar-refractivity contribution in [2.75, 3.05) is 20.2 Å². The van der Waals surface area contributed by atoms with E-state index in [4.69, 9.17) is 16.3 Å². The second kappa shape index (κ2) is 8.51. The highest BCUT2D eigenvalue weighted by atomic mass is 35.5. The number of nitrogens with one attached hydrogen (secondary N) is 1. The quantitative estimate of drug-likeness (QED) is 0.724. The summed E-state index contributed by atoms with van der Waals surface area (Å²) in [5.41, 5.74) is 0.892. The van der Waals surface area contributed by atoms with Crippen molar-refractivity contribution < 1.29 is 14.3 Å². The Labute approximate surface area is 174 Å². The first kappa shape index (κ1) is 19.8. The number of hydrogen-bond acceptors (Lipinski definition) is 6. The maximum Gasteiger partial charge on any atom is 0.286 e. The summed E-state index contributed by atoms with van der Waals surface area (Å²) < 4.78 is 6.94. The third kappa shape index (κ3) is 4.13. The Kier molecular flexibility index (Phi) is 5.82. The van der Waals surface area contributed by atoms with Gasteiger partial charge in [0.1, 0.15) is 0 Å². The number of rotatable bonds is 6. The molecular weight excluding hydrogens is 394 g/mol. The molecule has 1 aliphatic carbocycles. The molecule has 2 heterocycles. The first-order valence-electron chi connectivity index (χ1n) is 9.89. The molecule has 1 saturated carbocycles. The Morgan fingerprint density at radius 1 is 1.31 bits per heavy atom. The number of piperidine rings is 1. The zero-order chi connectivity index (χ0) is 20.4. The fourth-order valence-corrected chi connectivity index (χ4v) is 3.88. The fourth-order valence-electron chi connectivity index (χ4n) is 3.68. The molecule has 2 amide bonds. The standard InChI is InChI=1S/C20H24ClN5O3/c1-29-20-17(23-24-25(20)12-14-5-2-3-7-16(14)21)19(28)26(15-8-9-15)18(27)13-6-4-10-22-11-13/h2-3,5,7,13,15,22H,4,6,8-12H2,1H3. The number of methoxy groups -OCH3 is 1. The number of aromatic nitrogens is 3. The highest BCUT2D eigenvalue weighted by Crippen LogP contribution is 2.32. The first-order chi connectivity index (χ1) is 14.1. The molecule has 1 N–H and O–H groups in total. The molecule has 0 spiro atoms. The molecule has 8 nitrogen and oxygen atoms in total. The van der Waals surface area contributed by atoms with Gasteiger partial charge in [-0.3, -0.25) is 14.5 Å². The van der Waals surface area contributed by atoms with Crippen molar-refractivity contribution in [2.24, 2.45) is 5.92 Å². The maximum atomic E-state index is 13.3. The normalized spacial score (nSPS) is 19.0.